The fourth-order valence-electron chi connectivity index (χ4n) is 1.77. The Morgan fingerprint density at radius 1 is 1.19 bits per heavy atom. The lowest BCUT2D eigenvalue weighted by molar-refractivity contribution is -0.131. The van der Waals surface area contributed by atoms with Crippen LogP contribution >= 0.6 is 0 Å². The molecular weight excluding hydrogens is 270 g/mol. The van der Waals surface area contributed by atoms with Crippen LogP contribution in [0.5, 0.6) is 5.75 Å². The minimum absolute atomic E-state index is 0.0561. The maximum atomic E-state index is 11.6. The Labute approximate surface area is 125 Å². The van der Waals surface area contributed by atoms with Crippen molar-refractivity contribution >= 4 is 12.1 Å². The Kier molecular flexibility index (Phi) is 5.76. The zero-order valence-corrected chi connectivity index (χ0v) is 13.2. The summed E-state index contributed by atoms with van der Waals surface area (Å²) in [5.41, 5.74) is 0.532. The van der Waals surface area contributed by atoms with Crippen LogP contribution in [0, 0.1) is 0 Å². The number of amides is 1. The van der Waals surface area contributed by atoms with Gasteiger partial charge in [0.2, 0.25) is 0 Å². The van der Waals surface area contributed by atoms with Gasteiger partial charge in [0.1, 0.15) is 11.4 Å². The highest BCUT2D eigenvalue weighted by atomic mass is 16.6. The van der Waals surface area contributed by atoms with Gasteiger partial charge in [0, 0.05) is 13.0 Å². The van der Waals surface area contributed by atoms with Gasteiger partial charge in [-0.05, 0) is 51.8 Å². The lowest BCUT2D eigenvalue weighted by Gasteiger charge is -2.22. The SMILES string of the molecule is CC(=O)Oc1ccc(CC(C)NC(=O)OC(C)(C)C)cc1. The van der Waals surface area contributed by atoms with E-state index in [0.29, 0.717) is 12.2 Å². The number of ether oxygens (including phenoxy) is 2. The average Bonchev–Trinajstić information content (AvgIpc) is 2.28. The third kappa shape index (κ3) is 7.34. The molecule has 1 rings (SSSR count). The molecule has 0 aliphatic rings. The summed E-state index contributed by atoms with van der Waals surface area (Å²) in [6.07, 6.45) is 0.242. The van der Waals surface area contributed by atoms with Crippen LogP contribution in [0.15, 0.2) is 24.3 Å². The van der Waals surface area contributed by atoms with Crippen LogP contribution < -0.4 is 10.1 Å². The van der Waals surface area contributed by atoms with E-state index in [1.807, 2.05) is 39.8 Å². The number of hydrogen-bond donors (Lipinski definition) is 1. The van der Waals surface area contributed by atoms with Crippen molar-refractivity contribution in [1.82, 2.24) is 5.32 Å². The second-order valence-corrected chi connectivity index (χ2v) is 5.99. The summed E-state index contributed by atoms with van der Waals surface area (Å²) in [6.45, 7) is 8.74. The molecule has 116 valence electrons. The zero-order valence-electron chi connectivity index (χ0n) is 13.2. The fourth-order valence-corrected chi connectivity index (χ4v) is 1.77. The second kappa shape index (κ2) is 7.11. The number of carbonyl (C=O) groups is 2. The van der Waals surface area contributed by atoms with Crippen LogP contribution in [0.3, 0.4) is 0 Å². The molecule has 1 atom stereocenters. The Bertz CT molecular complexity index is 488. The van der Waals surface area contributed by atoms with E-state index in [-0.39, 0.29) is 12.0 Å². The van der Waals surface area contributed by atoms with E-state index in [0.717, 1.165) is 5.56 Å². The number of esters is 1. The van der Waals surface area contributed by atoms with E-state index in [1.54, 1.807) is 12.1 Å². The van der Waals surface area contributed by atoms with Gasteiger partial charge in [-0.15, -0.1) is 0 Å². The average molecular weight is 293 g/mol. The Morgan fingerprint density at radius 2 is 1.76 bits per heavy atom. The van der Waals surface area contributed by atoms with Crippen LogP contribution in [0.1, 0.15) is 40.2 Å². The van der Waals surface area contributed by atoms with Crippen LogP contribution in [0.4, 0.5) is 4.79 Å². The first kappa shape index (κ1) is 17.0. The van der Waals surface area contributed by atoms with Gasteiger partial charge in [-0.2, -0.15) is 0 Å². The van der Waals surface area contributed by atoms with Gasteiger partial charge >= 0.3 is 12.1 Å². The largest absolute Gasteiger partial charge is 0.444 e. The zero-order chi connectivity index (χ0) is 16.0. The molecule has 0 fully saturated rings. The van der Waals surface area contributed by atoms with Gasteiger partial charge in [-0.1, -0.05) is 12.1 Å². The normalized spacial score (nSPS) is 12.4. The molecule has 0 saturated carbocycles. The first-order valence-electron chi connectivity index (χ1n) is 6.92. The van der Waals surface area contributed by atoms with E-state index in [2.05, 4.69) is 5.32 Å². The minimum Gasteiger partial charge on any atom is -0.444 e. The lowest BCUT2D eigenvalue weighted by Crippen LogP contribution is -2.38. The molecule has 0 spiro atoms. The second-order valence-electron chi connectivity index (χ2n) is 5.99. The molecule has 0 radical (unpaired) electrons. The highest BCUT2D eigenvalue weighted by Crippen LogP contribution is 2.14. The number of benzene rings is 1. The van der Waals surface area contributed by atoms with E-state index in [4.69, 9.17) is 9.47 Å². The Morgan fingerprint density at radius 3 is 2.24 bits per heavy atom. The van der Waals surface area contributed by atoms with E-state index in [1.165, 1.54) is 6.92 Å². The lowest BCUT2D eigenvalue weighted by atomic mass is 10.1. The number of alkyl carbamates (subject to hydrolysis) is 1. The van der Waals surface area contributed by atoms with Crippen LogP contribution in [0.25, 0.3) is 0 Å². The van der Waals surface area contributed by atoms with E-state index >= 15 is 0 Å². The van der Waals surface area contributed by atoms with Crippen molar-refractivity contribution in [2.45, 2.75) is 52.7 Å². The summed E-state index contributed by atoms with van der Waals surface area (Å²) in [6, 6.07) is 7.14. The fraction of sp³-hybridized carbons (Fsp3) is 0.500. The van der Waals surface area contributed by atoms with Crippen molar-refractivity contribution in [3.05, 3.63) is 29.8 Å². The molecule has 0 aromatic heterocycles. The van der Waals surface area contributed by atoms with Gasteiger partial charge in [-0.3, -0.25) is 4.79 Å². The summed E-state index contributed by atoms with van der Waals surface area (Å²) in [4.78, 5) is 22.5. The minimum atomic E-state index is -0.504. The van der Waals surface area contributed by atoms with Crippen molar-refractivity contribution in [2.75, 3.05) is 0 Å². The van der Waals surface area contributed by atoms with Crippen molar-refractivity contribution in [3.8, 4) is 5.75 Å². The summed E-state index contributed by atoms with van der Waals surface area (Å²) in [5, 5.41) is 2.79. The monoisotopic (exact) mass is 293 g/mol. The molecule has 1 amide bonds. The van der Waals surface area contributed by atoms with Crippen molar-refractivity contribution in [1.29, 1.82) is 0 Å². The molecular formula is C16H23NO4. The maximum absolute atomic E-state index is 11.6. The summed E-state index contributed by atoms with van der Waals surface area (Å²) in [7, 11) is 0. The standard InChI is InChI=1S/C16H23NO4/c1-11(17-15(19)21-16(3,4)5)10-13-6-8-14(9-7-13)20-12(2)18/h6-9,11H,10H2,1-5H3,(H,17,19). The van der Waals surface area contributed by atoms with Crippen molar-refractivity contribution in [3.63, 3.8) is 0 Å². The molecule has 0 aliphatic carbocycles. The molecule has 1 N–H and O–H groups in total. The molecule has 1 aromatic rings. The number of rotatable bonds is 4. The van der Waals surface area contributed by atoms with Crippen LogP contribution in [0.2, 0.25) is 0 Å². The first-order valence-corrected chi connectivity index (χ1v) is 6.92. The van der Waals surface area contributed by atoms with Gasteiger partial charge in [-0.25, -0.2) is 4.79 Å². The molecule has 0 saturated heterocycles. The van der Waals surface area contributed by atoms with Crippen LogP contribution in [-0.4, -0.2) is 23.7 Å². The van der Waals surface area contributed by atoms with Gasteiger partial charge in [0.05, 0.1) is 0 Å². The predicted molar refractivity (Wildman–Crippen MR) is 80.3 cm³/mol. The van der Waals surface area contributed by atoms with E-state index in [9.17, 15) is 9.59 Å². The van der Waals surface area contributed by atoms with Gasteiger partial charge in [0.25, 0.3) is 0 Å². The summed E-state index contributed by atoms with van der Waals surface area (Å²) < 4.78 is 10.2. The molecule has 21 heavy (non-hydrogen) atoms. The Balaban J connectivity index is 2.49. The molecule has 0 aliphatic heterocycles. The third-order valence-corrected chi connectivity index (χ3v) is 2.49. The topological polar surface area (TPSA) is 64.6 Å². The molecule has 0 bridgehead atoms. The highest BCUT2D eigenvalue weighted by Gasteiger charge is 2.17. The highest BCUT2D eigenvalue weighted by molar-refractivity contribution is 5.69. The first-order chi connectivity index (χ1) is 9.65. The molecule has 1 unspecified atom stereocenters. The van der Waals surface area contributed by atoms with Crippen molar-refractivity contribution in [2.24, 2.45) is 0 Å². The third-order valence-electron chi connectivity index (χ3n) is 2.49. The smallest absolute Gasteiger partial charge is 0.407 e. The predicted octanol–water partition coefficient (Wildman–Crippen LogP) is 3.07. The molecule has 5 heteroatoms. The van der Waals surface area contributed by atoms with Crippen molar-refractivity contribution < 1.29 is 19.1 Å². The summed E-state index contributed by atoms with van der Waals surface area (Å²) >= 11 is 0. The van der Waals surface area contributed by atoms with Gasteiger partial charge in [0.15, 0.2) is 0 Å². The van der Waals surface area contributed by atoms with Crippen LogP contribution in [-0.2, 0) is 16.0 Å². The summed E-state index contributed by atoms with van der Waals surface area (Å²) in [5.74, 6) is 0.168. The van der Waals surface area contributed by atoms with E-state index < -0.39 is 11.7 Å². The molecule has 0 heterocycles. The van der Waals surface area contributed by atoms with Gasteiger partial charge < -0.3 is 14.8 Å². The Hall–Kier alpha value is -2.04. The molecule has 5 nitrogen and oxygen atoms in total. The number of nitrogens with one attached hydrogen (secondary N) is 1. The molecule has 1 aromatic carbocycles. The number of hydrogen-bond acceptors (Lipinski definition) is 4. The quantitative estimate of drug-likeness (QED) is 0.684. The number of carbonyl (C=O) groups excluding carboxylic acids is 2. The maximum Gasteiger partial charge on any atom is 0.407 e.